The Morgan fingerprint density at radius 2 is 1.58 bits per heavy atom. The highest BCUT2D eigenvalue weighted by Gasteiger charge is 2.20. The van der Waals surface area contributed by atoms with Crippen molar-refractivity contribution in [1.82, 2.24) is 10.6 Å². The van der Waals surface area contributed by atoms with Crippen LogP contribution in [-0.4, -0.2) is 35.0 Å². The van der Waals surface area contributed by atoms with Gasteiger partial charge >= 0.3 is 5.97 Å². The highest BCUT2D eigenvalue weighted by atomic mass is 16.4. The second-order valence-corrected chi connectivity index (χ2v) is 4.13. The summed E-state index contributed by atoms with van der Waals surface area (Å²) in [4.78, 5) is 34.0. The fraction of sp³-hybridized carbons (Fsp3) is 0.308. The van der Waals surface area contributed by atoms with Gasteiger partial charge in [-0.05, 0) is 26.0 Å². The van der Waals surface area contributed by atoms with Gasteiger partial charge < -0.3 is 15.7 Å². The van der Waals surface area contributed by atoms with E-state index < -0.39 is 24.0 Å². The quantitative estimate of drug-likeness (QED) is 0.717. The highest BCUT2D eigenvalue weighted by Crippen LogP contribution is 1.99. The lowest BCUT2D eigenvalue weighted by Crippen LogP contribution is -2.49. The number of nitrogens with one attached hydrogen (secondary N) is 2. The SMILES string of the molecule is C[C@H](NC(=O)[C@H](C)NC(=O)c1ccccc1)C(=O)O. The van der Waals surface area contributed by atoms with E-state index >= 15 is 0 Å². The van der Waals surface area contributed by atoms with Gasteiger partial charge in [0.15, 0.2) is 0 Å². The van der Waals surface area contributed by atoms with Gasteiger partial charge in [0.1, 0.15) is 12.1 Å². The predicted molar refractivity (Wildman–Crippen MR) is 68.6 cm³/mol. The molecule has 3 N–H and O–H groups in total. The Morgan fingerprint density at radius 1 is 1.00 bits per heavy atom. The third kappa shape index (κ3) is 4.42. The van der Waals surface area contributed by atoms with Gasteiger partial charge in [-0.2, -0.15) is 0 Å². The van der Waals surface area contributed by atoms with Crippen LogP contribution in [0.4, 0.5) is 0 Å². The third-order valence-corrected chi connectivity index (χ3v) is 2.51. The maximum absolute atomic E-state index is 11.8. The van der Waals surface area contributed by atoms with E-state index in [-0.39, 0.29) is 5.91 Å². The molecule has 0 bridgehead atoms. The van der Waals surface area contributed by atoms with E-state index in [0.29, 0.717) is 5.56 Å². The van der Waals surface area contributed by atoms with E-state index in [9.17, 15) is 14.4 Å². The van der Waals surface area contributed by atoms with Crippen LogP contribution in [0.2, 0.25) is 0 Å². The van der Waals surface area contributed by atoms with Crippen LogP contribution < -0.4 is 10.6 Å². The average molecular weight is 264 g/mol. The number of carboxylic acids is 1. The molecule has 0 aliphatic heterocycles. The van der Waals surface area contributed by atoms with Crippen molar-refractivity contribution in [3.05, 3.63) is 35.9 Å². The summed E-state index contributed by atoms with van der Waals surface area (Å²) >= 11 is 0. The second kappa shape index (κ2) is 6.53. The van der Waals surface area contributed by atoms with Gasteiger partial charge in [0.05, 0.1) is 0 Å². The van der Waals surface area contributed by atoms with Crippen LogP contribution in [0.5, 0.6) is 0 Å². The zero-order valence-electron chi connectivity index (χ0n) is 10.7. The van der Waals surface area contributed by atoms with Crippen molar-refractivity contribution < 1.29 is 19.5 Å². The van der Waals surface area contributed by atoms with Crippen LogP contribution >= 0.6 is 0 Å². The van der Waals surface area contributed by atoms with Gasteiger partial charge in [-0.1, -0.05) is 18.2 Å². The van der Waals surface area contributed by atoms with Crippen molar-refractivity contribution >= 4 is 17.8 Å². The van der Waals surface area contributed by atoms with Crippen molar-refractivity contribution in [2.75, 3.05) is 0 Å². The number of aliphatic carboxylic acids is 1. The van der Waals surface area contributed by atoms with Gasteiger partial charge in [-0.25, -0.2) is 0 Å². The van der Waals surface area contributed by atoms with Crippen LogP contribution in [0.15, 0.2) is 30.3 Å². The zero-order valence-corrected chi connectivity index (χ0v) is 10.7. The maximum atomic E-state index is 11.8. The molecule has 0 heterocycles. The monoisotopic (exact) mass is 264 g/mol. The van der Waals surface area contributed by atoms with Crippen LogP contribution in [0.3, 0.4) is 0 Å². The zero-order chi connectivity index (χ0) is 14.4. The molecule has 0 radical (unpaired) electrons. The number of hydrogen-bond acceptors (Lipinski definition) is 3. The molecular formula is C13H16N2O4. The minimum atomic E-state index is -1.13. The van der Waals surface area contributed by atoms with Gasteiger partial charge in [0.25, 0.3) is 5.91 Å². The molecule has 2 amide bonds. The van der Waals surface area contributed by atoms with Gasteiger partial charge in [0, 0.05) is 5.56 Å². The summed E-state index contributed by atoms with van der Waals surface area (Å²) in [6.07, 6.45) is 0. The highest BCUT2D eigenvalue weighted by molar-refractivity contribution is 5.97. The van der Waals surface area contributed by atoms with Crippen molar-refractivity contribution in [2.45, 2.75) is 25.9 Å². The smallest absolute Gasteiger partial charge is 0.325 e. The van der Waals surface area contributed by atoms with E-state index in [0.717, 1.165) is 0 Å². The Kier molecular flexibility index (Phi) is 5.05. The normalized spacial score (nSPS) is 13.2. The third-order valence-electron chi connectivity index (χ3n) is 2.51. The van der Waals surface area contributed by atoms with Crippen molar-refractivity contribution in [3.8, 4) is 0 Å². The fourth-order valence-electron chi connectivity index (χ4n) is 1.34. The van der Waals surface area contributed by atoms with Gasteiger partial charge in [-0.15, -0.1) is 0 Å². The lowest BCUT2D eigenvalue weighted by Gasteiger charge is -2.16. The van der Waals surface area contributed by atoms with Crippen molar-refractivity contribution in [1.29, 1.82) is 0 Å². The van der Waals surface area contributed by atoms with Gasteiger partial charge in [0.2, 0.25) is 5.91 Å². The Labute approximate surface area is 110 Å². The van der Waals surface area contributed by atoms with Crippen molar-refractivity contribution in [2.24, 2.45) is 0 Å². The number of rotatable bonds is 5. The number of benzene rings is 1. The first-order valence-corrected chi connectivity index (χ1v) is 5.81. The Bertz CT molecular complexity index is 473. The first-order valence-electron chi connectivity index (χ1n) is 5.81. The van der Waals surface area contributed by atoms with Gasteiger partial charge in [-0.3, -0.25) is 14.4 Å². The summed E-state index contributed by atoms with van der Waals surface area (Å²) in [6, 6.07) is 6.65. The molecule has 1 aromatic rings. The number of carbonyl (C=O) groups is 3. The first kappa shape index (κ1) is 14.7. The molecule has 0 aliphatic carbocycles. The molecule has 1 rings (SSSR count). The van der Waals surface area contributed by atoms with E-state index in [1.165, 1.54) is 13.8 Å². The minimum absolute atomic E-state index is 0.383. The van der Waals surface area contributed by atoms with E-state index in [1.54, 1.807) is 30.3 Å². The number of carboxylic acid groups (broad SMARTS) is 1. The molecule has 0 aliphatic rings. The summed E-state index contributed by atoms with van der Waals surface area (Å²) < 4.78 is 0. The molecule has 102 valence electrons. The Hall–Kier alpha value is -2.37. The summed E-state index contributed by atoms with van der Waals surface area (Å²) in [6.45, 7) is 2.84. The number of amides is 2. The molecule has 0 unspecified atom stereocenters. The molecule has 0 aromatic heterocycles. The van der Waals surface area contributed by atoms with Crippen LogP contribution in [0.1, 0.15) is 24.2 Å². The Balaban J connectivity index is 2.55. The van der Waals surface area contributed by atoms with Crippen molar-refractivity contribution in [3.63, 3.8) is 0 Å². The molecule has 1 aromatic carbocycles. The second-order valence-electron chi connectivity index (χ2n) is 4.13. The minimum Gasteiger partial charge on any atom is -0.480 e. The summed E-state index contributed by atoms with van der Waals surface area (Å²) in [5.74, 6) is -2.06. The predicted octanol–water partition coefficient (Wildman–Crippen LogP) is 0.394. The lowest BCUT2D eigenvalue weighted by atomic mass is 10.2. The average Bonchev–Trinajstić information content (AvgIpc) is 2.39. The van der Waals surface area contributed by atoms with E-state index in [2.05, 4.69) is 10.6 Å². The molecule has 19 heavy (non-hydrogen) atoms. The molecule has 2 atom stereocenters. The molecule has 6 nitrogen and oxygen atoms in total. The molecule has 0 spiro atoms. The van der Waals surface area contributed by atoms with Crippen LogP contribution in [-0.2, 0) is 9.59 Å². The lowest BCUT2D eigenvalue weighted by molar-refractivity contribution is -0.141. The van der Waals surface area contributed by atoms with Crippen LogP contribution in [0, 0.1) is 0 Å². The van der Waals surface area contributed by atoms with E-state index in [4.69, 9.17) is 5.11 Å². The molecule has 6 heteroatoms. The fourth-order valence-corrected chi connectivity index (χ4v) is 1.34. The summed E-state index contributed by atoms with van der Waals surface area (Å²) in [5, 5.41) is 13.4. The topological polar surface area (TPSA) is 95.5 Å². The largest absolute Gasteiger partial charge is 0.480 e. The molecule has 0 saturated carbocycles. The number of hydrogen-bond donors (Lipinski definition) is 3. The molecule has 0 fully saturated rings. The Morgan fingerprint density at radius 3 is 2.11 bits per heavy atom. The van der Waals surface area contributed by atoms with E-state index in [1.807, 2.05) is 0 Å². The summed E-state index contributed by atoms with van der Waals surface area (Å²) in [5.41, 5.74) is 0.438. The standard InChI is InChI=1S/C13H16N2O4/c1-8(11(16)15-9(2)13(18)19)14-12(17)10-6-4-3-5-7-10/h3-9H,1-2H3,(H,14,17)(H,15,16)(H,18,19)/t8-,9-/m0/s1. The van der Waals surface area contributed by atoms with Crippen LogP contribution in [0.25, 0.3) is 0 Å². The molecular weight excluding hydrogens is 248 g/mol. The summed E-state index contributed by atoms with van der Waals surface area (Å²) in [7, 11) is 0. The first-order chi connectivity index (χ1) is 8.91. The maximum Gasteiger partial charge on any atom is 0.325 e. The number of carbonyl (C=O) groups excluding carboxylic acids is 2. The molecule has 0 saturated heterocycles.